The van der Waals surface area contributed by atoms with Crippen LogP contribution in [0.5, 0.6) is 0 Å². The summed E-state index contributed by atoms with van der Waals surface area (Å²) in [5.41, 5.74) is 0.321. The van der Waals surface area contributed by atoms with Gasteiger partial charge in [0, 0.05) is 6.04 Å². The van der Waals surface area contributed by atoms with Crippen molar-refractivity contribution in [3.05, 3.63) is 35.9 Å². The van der Waals surface area contributed by atoms with E-state index in [9.17, 15) is 9.90 Å². The van der Waals surface area contributed by atoms with Gasteiger partial charge in [-0.05, 0) is 38.7 Å². The molecule has 0 aliphatic heterocycles. The molecule has 0 saturated carbocycles. The first-order chi connectivity index (χ1) is 8.48. The number of rotatable bonds is 7. The molecule has 18 heavy (non-hydrogen) atoms. The molecule has 2 unspecified atom stereocenters. The lowest BCUT2D eigenvalue weighted by Gasteiger charge is -2.29. The van der Waals surface area contributed by atoms with Crippen molar-refractivity contribution in [2.24, 2.45) is 0 Å². The van der Waals surface area contributed by atoms with Crippen molar-refractivity contribution in [3.63, 3.8) is 0 Å². The quantitative estimate of drug-likeness (QED) is 0.781. The highest BCUT2D eigenvalue weighted by Gasteiger charge is 2.33. The summed E-state index contributed by atoms with van der Waals surface area (Å²) in [6.45, 7) is 5.84. The van der Waals surface area contributed by atoms with Gasteiger partial charge in [0.05, 0.1) is 0 Å². The highest BCUT2D eigenvalue weighted by molar-refractivity contribution is 5.78. The van der Waals surface area contributed by atoms with E-state index in [0.717, 1.165) is 12.8 Å². The van der Waals surface area contributed by atoms with E-state index in [4.69, 9.17) is 0 Å². The summed E-state index contributed by atoms with van der Waals surface area (Å²) >= 11 is 0. The minimum absolute atomic E-state index is 0.210. The van der Waals surface area contributed by atoms with Crippen molar-refractivity contribution in [3.8, 4) is 0 Å². The van der Waals surface area contributed by atoms with Gasteiger partial charge < -0.3 is 5.11 Å². The summed E-state index contributed by atoms with van der Waals surface area (Å²) in [5, 5.41) is 12.6. The molecule has 0 bridgehead atoms. The van der Waals surface area contributed by atoms with E-state index in [2.05, 4.69) is 12.2 Å². The molecule has 1 rings (SSSR count). The fourth-order valence-electron chi connectivity index (χ4n) is 1.93. The van der Waals surface area contributed by atoms with Crippen molar-refractivity contribution in [2.45, 2.75) is 51.6 Å². The SMILES string of the molecule is CCC(C)NC(C)(CCc1ccccc1)C(=O)O. The molecule has 1 aromatic carbocycles. The van der Waals surface area contributed by atoms with Crippen LogP contribution in [0.25, 0.3) is 0 Å². The first kappa shape index (κ1) is 14.7. The standard InChI is InChI=1S/C15H23NO2/c1-4-12(2)16-15(3,14(17)18)11-10-13-8-6-5-7-9-13/h5-9,12,16H,4,10-11H2,1-3H3,(H,17,18). The summed E-state index contributed by atoms with van der Waals surface area (Å²) in [5.74, 6) is -0.779. The summed E-state index contributed by atoms with van der Waals surface area (Å²) in [7, 11) is 0. The van der Waals surface area contributed by atoms with Crippen molar-refractivity contribution in [1.82, 2.24) is 5.32 Å². The molecular weight excluding hydrogens is 226 g/mol. The zero-order chi connectivity index (χ0) is 13.6. The van der Waals surface area contributed by atoms with E-state index >= 15 is 0 Å². The zero-order valence-electron chi connectivity index (χ0n) is 11.4. The van der Waals surface area contributed by atoms with E-state index in [1.807, 2.05) is 37.3 Å². The van der Waals surface area contributed by atoms with Gasteiger partial charge in [-0.25, -0.2) is 0 Å². The Labute approximate surface area is 109 Å². The second-order valence-corrected chi connectivity index (χ2v) is 5.08. The van der Waals surface area contributed by atoms with Gasteiger partial charge in [-0.3, -0.25) is 10.1 Å². The molecule has 3 nitrogen and oxygen atoms in total. The summed E-state index contributed by atoms with van der Waals surface area (Å²) in [4.78, 5) is 11.4. The van der Waals surface area contributed by atoms with E-state index in [1.165, 1.54) is 5.56 Å². The van der Waals surface area contributed by atoms with Crippen molar-refractivity contribution < 1.29 is 9.90 Å². The maximum atomic E-state index is 11.4. The number of carboxylic acid groups (broad SMARTS) is 1. The number of hydrogen-bond acceptors (Lipinski definition) is 2. The van der Waals surface area contributed by atoms with Gasteiger partial charge in [0.1, 0.15) is 5.54 Å². The van der Waals surface area contributed by atoms with Gasteiger partial charge in [0.2, 0.25) is 0 Å². The number of aryl methyl sites for hydroxylation is 1. The molecule has 2 atom stereocenters. The average molecular weight is 249 g/mol. The highest BCUT2D eigenvalue weighted by atomic mass is 16.4. The van der Waals surface area contributed by atoms with Crippen molar-refractivity contribution in [1.29, 1.82) is 0 Å². The average Bonchev–Trinajstić information content (AvgIpc) is 2.37. The Bertz CT molecular complexity index is 377. The molecular formula is C15H23NO2. The first-order valence-electron chi connectivity index (χ1n) is 6.53. The molecule has 2 N–H and O–H groups in total. The van der Waals surface area contributed by atoms with E-state index in [0.29, 0.717) is 6.42 Å². The van der Waals surface area contributed by atoms with Gasteiger partial charge in [0.15, 0.2) is 0 Å². The van der Waals surface area contributed by atoms with Crippen LogP contribution in [0.2, 0.25) is 0 Å². The van der Waals surface area contributed by atoms with Gasteiger partial charge in [-0.1, -0.05) is 37.3 Å². The lowest BCUT2D eigenvalue weighted by Crippen LogP contribution is -2.53. The second kappa shape index (κ2) is 6.55. The molecule has 3 heteroatoms. The Kier molecular flexibility index (Phi) is 5.35. The number of nitrogens with one attached hydrogen (secondary N) is 1. The summed E-state index contributed by atoms with van der Waals surface area (Å²) in [6, 6.07) is 10.2. The largest absolute Gasteiger partial charge is 0.480 e. The lowest BCUT2D eigenvalue weighted by atomic mass is 9.92. The third kappa shape index (κ3) is 4.15. The summed E-state index contributed by atoms with van der Waals surface area (Å²) in [6.07, 6.45) is 2.29. The molecule has 0 amide bonds. The molecule has 0 fully saturated rings. The third-order valence-electron chi connectivity index (χ3n) is 3.41. The fourth-order valence-corrected chi connectivity index (χ4v) is 1.93. The third-order valence-corrected chi connectivity index (χ3v) is 3.41. The minimum atomic E-state index is -0.856. The van der Waals surface area contributed by atoms with Gasteiger partial charge in [0.25, 0.3) is 0 Å². The van der Waals surface area contributed by atoms with Crippen LogP contribution < -0.4 is 5.32 Å². The molecule has 0 heterocycles. The molecule has 100 valence electrons. The molecule has 0 aliphatic rings. The Morgan fingerprint density at radius 2 is 2.00 bits per heavy atom. The topological polar surface area (TPSA) is 49.3 Å². The highest BCUT2D eigenvalue weighted by Crippen LogP contribution is 2.16. The number of hydrogen-bond donors (Lipinski definition) is 2. The van der Waals surface area contributed by atoms with Crippen LogP contribution in [0.3, 0.4) is 0 Å². The van der Waals surface area contributed by atoms with Crippen LogP contribution in [0.1, 0.15) is 39.2 Å². The summed E-state index contributed by atoms with van der Waals surface area (Å²) < 4.78 is 0. The predicted octanol–water partition coefficient (Wildman–Crippen LogP) is 2.85. The Morgan fingerprint density at radius 1 is 1.39 bits per heavy atom. The first-order valence-corrected chi connectivity index (χ1v) is 6.53. The van der Waals surface area contributed by atoms with Crippen LogP contribution in [0, 0.1) is 0 Å². The number of carboxylic acids is 1. The molecule has 0 spiro atoms. The molecule has 0 aromatic heterocycles. The van der Waals surface area contributed by atoms with Crippen LogP contribution in [0.4, 0.5) is 0 Å². The molecule has 0 aliphatic carbocycles. The fraction of sp³-hybridized carbons (Fsp3) is 0.533. The van der Waals surface area contributed by atoms with E-state index in [1.54, 1.807) is 6.92 Å². The van der Waals surface area contributed by atoms with Crippen molar-refractivity contribution >= 4 is 5.97 Å². The van der Waals surface area contributed by atoms with Gasteiger partial charge >= 0.3 is 5.97 Å². The second-order valence-electron chi connectivity index (χ2n) is 5.08. The Balaban J connectivity index is 2.65. The van der Waals surface area contributed by atoms with E-state index < -0.39 is 11.5 Å². The number of benzene rings is 1. The monoisotopic (exact) mass is 249 g/mol. The lowest BCUT2D eigenvalue weighted by molar-refractivity contribution is -0.144. The number of carbonyl (C=O) groups is 1. The van der Waals surface area contributed by atoms with Gasteiger partial charge in [-0.2, -0.15) is 0 Å². The molecule has 1 aromatic rings. The maximum Gasteiger partial charge on any atom is 0.323 e. The number of aliphatic carboxylic acids is 1. The molecule has 0 saturated heterocycles. The van der Waals surface area contributed by atoms with Crippen LogP contribution in [0.15, 0.2) is 30.3 Å². The van der Waals surface area contributed by atoms with Crippen LogP contribution in [-0.4, -0.2) is 22.7 Å². The predicted molar refractivity (Wildman–Crippen MR) is 73.7 cm³/mol. The zero-order valence-corrected chi connectivity index (χ0v) is 11.4. The van der Waals surface area contributed by atoms with E-state index in [-0.39, 0.29) is 6.04 Å². The van der Waals surface area contributed by atoms with Crippen LogP contribution >= 0.6 is 0 Å². The minimum Gasteiger partial charge on any atom is -0.480 e. The van der Waals surface area contributed by atoms with Gasteiger partial charge in [-0.15, -0.1) is 0 Å². The Morgan fingerprint density at radius 3 is 2.50 bits per heavy atom. The smallest absolute Gasteiger partial charge is 0.323 e. The Hall–Kier alpha value is -1.35. The maximum absolute atomic E-state index is 11.4. The van der Waals surface area contributed by atoms with Crippen molar-refractivity contribution in [2.75, 3.05) is 0 Å². The normalized spacial score (nSPS) is 15.9. The molecule has 0 radical (unpaired) electrons. The van der Waals surface area contributed by atoms with Crippen LogP contribution in [-0.2, 0) is 11.2 Å².